The van der Waals surface area contributed by atoms with Crippen molar-refractivity contribution in [2.75, 3.05) is 18.6 Å². The lowest BCUT2D eigenvalue weighted by Crippen LogP contribution is -2.43. The Morgan fingerprint density at radius 2 is 2.00 bits per heavy atom. The Hall–Kier alpha value is -1.27. The van der Waals surface area contributed by atoms with Crippen molar-refractivity contribution in [2.24, 2.45) is 0 Å². The van der Waals surface area contributed by atoms with Crippen molar-refractivity contribution in [3.8, 4) is 0 Å². The number of benzene rings is 1. The molecule has 1 fully saturated rings. The Bertz CT molecular complexity index is 549. The van der Waals surface area contributed by atoms with Crippen LogP contribution in [0.5, 0.6) is 0 Å². The summed E-state index contributed by atoms with van der Waals surface area (Å²) in [6, 6.07) is 6.13. The Balaban J connectivity index is 2.29. The van der Waals surface area contributed by atoms with Gasteiger partial charge in [0.15, 0.2) is 0 Å². The number of halogens is 1. The quantitative estimate of drug-likeness (QED) is 0.902. The first kappa shape index (κ1) is 16.1. The minimum atomic E-state index is -0.960. The minimum Gasteiger partial charge on any atom is -0.320 e. The minimum absolute atomic E-state index is 0.00442. The standard InChI is InChI=1S/C15H21FN2O2S/c1-4-15(2)14(19)18(9-10-21(3)20)13(17-15)11-5-7-12(16)8-6-11/h5-8,13,17H,4,9-10H2,1-3H3. The van der Waals surface area contributed by atoms with Crippen LogP contribution in [0.1, 0.15) is 32.0 Å². The molecule has 1 N–H and O–H groups in total. The van der Waals surface area contributed by atoms with Crippen molar-refractivity contribution in [1.29, 1.82) is 0 Å². The Morgan fingerprint density at radius 3 is 2.52 bits per heavy atom. The molecule has 1 saturated heterocycles. The maximum Gasteiger partial charge on any atom is 0.244 e. The molecule has 0 aromatic heterocycles. The number of nitrogens with zero attached hydrogens (tertiary/aromatic N) is 1. The molecular formula is C15H21FN2O2S. The zero-order chi connectivity index (χ0) is 15.6. The molecule has 0 saturated carbocycles. The summed E-state index contributed by atoms with van der Waals surface area (Å²) in [5.74, 6) is 0.137. The van der Waals surface area contributed by atoms with Crippen LogP contribution in [0, 0.1) is 5.82 Å². The summed E-state index contributed by atoms with van der Waals surface area (Å²) >= 11 is 0. The van der Waals surface area contributed by atoms with Crippen molar-refractivity contribution >= 4 is 16.7 Å². The van der Waals surface area contributed by atoms with Crippen molar-refractivity contribution in [3.63, 3.8) is 0 Å². The lowest BCUT2D eigenvalue weighted by atomic mass is 9.99. The Kier molecular flexibility index (Phi) is 4.78. The third-order valence-electron chi connectivity index (χ3n) is 4.01. The fourth-order valence-corrected chi connectivity index (χ4v) is 2.95. The number of hydrogen-bond donors (Lipinski definition) is 1. The second-order valence-electron chi connectivity index (χ2n) is 5.56. The normalized spacial score (nSPS) is 27.1. The first-order chi connectivity index (χ1) is 9.87. The van der Waals surface area contributed by atoms with Crippen molar-refractivity contribution in [2.45, 2.75) is 32.0 Å². The van der Waals surface area contributed by atoms with Crippen LogP contribution in [0.4, 0.5) is 4.39 Å². The number of amides is 1. The lowest BCUT2D eigenvalue weighted by molar-refractivity contribution is -0.132. The maximum atomic E-state index is 13.1. The molecule has 0 bridgehead atoms. The van der Waals surface area contributed by atoms with Gasteiger partial charge in [-0.15, -0.1) is 0 Å². The Labute approximate surface area is 127 Å². The SMILES string of the molecule is CCC1(C)NC(c2ccc(F)cc2)N(CCS(C)=O)C1=O. The van der Waals surface area contributed by atoms with Gasteiger partial charge >= 0.3 is 0 Å². The summed E-state index contributed by atoms with van der Waals surface area (Å²) in [6.45, 7) is 4.25. The van der Waals surface area contributed by atoms with E-state index in [2.05, 4.69) is 5.32 Å². The van der Waals surface area contributed by atoms with Gasteiger partial charge < -0.3 is 4.90 Å². The van der Waals surface area contributed by atoms with Gasteiger partial charge in [0, 0.05) is 29.4 Å². The largest absolute Gasteiger partial charge is 0.320 e. The van der Waals surface area contributed by atoms with Crippen LogP contribution < -0.4 is 5.32 Å². The van der Waals surface area contributed by atoms with Crippen molar-refractivity contribution in [1.82, 2.24) is 10.2 Å². The molecule has 0 spiro atoms. The van der Waals surface area contributed by atoms with E-state index in [1.54, 1.807) is 23.3 Å². The zero-order valence-electron chi connectivity index (χ0n) is 12.6. The highest BCUT2D eigenvalue weighted by atomic mass is 32.2. The van der Waals surface area contributed by atoms with E-state index in [0.717, 1.165) is 5.56 Å². The third-order valence-corrected chi connectivity index (χ3v) is 4.77. The third kappa shape index (κ3) is 3.32. The van der Waals surface area contributed by atoms with E-state index in [-0.39, 0.29) is 17.9 Å². The smallest absolute Gasteiger partial charge is 0.244 e. The van der Waals surface area contributed by atoms with Gasteiger partial charge in [0.05, 0.1) is 5.54 Å². The summed E-state index contributed by atoms with van der Waals surface area (Å²) in [5, 5.41) is 3.33. The second kappa shape index (κ2) is 6.23. The number of carbonyl (C=O) groups is 1. The van der Waals surface area contributed by atoms with E-state index in [9.17, 15) is 13.4 Å². The van der Waals surface area contributed by atoms with Crippen LogP contribution >= 0.6 is 0 Å². The molecule has 1 aromatic carbocycles. The predicted molar refractivity (Wildman–Crippen MR) is 81.6 cm³/mol. The molecule has 1 heterocycles. The molecule has 1 amide bonds. The number of carbonyl (C=O) groups excluding carboxylic acids is 1. The van der Waals surface area contributed by atoms with Crippen LogP contribution in [-0.2, 0) is 15.6 Å². The monoisotopic (exact) mass is 312 g/mol. The summed E-state index contributed by atoms with van der Waals surface area (Å²) in [6.07, 6.45) is 1.99. The lowest BCUT2D eigenvalue weighted by Gasteiger charge is -2.24. The van der Waals surface area contributed by atoms with Crippen LogP contribution in [0.25, 0.3) is 0 Å². The van der Waals surface area contributed by atoms with E-state index in [0.29, 0.717) is 18.7 Å². The van der Waals surface area contributed by atoms with Gasteiger partial charge in [-0.2, -0.15) is 0 Å². The molecule has 3 unspecified atom stereocenters. The maximum absolute atomic E-state index is 13.1. The molecule has 0 aliphatic carbocycles. The molecular weight excluding hydrogens is 291 g/mol. The molecule has 1 aliphatic rings. The first-order valence-corrected chi connectivity index (χ1v) is 8.74. The van der Waals surface area contributed by atoms with E-state index in [1.807, 2.05) is 13.8 Å². The van der Waals surface area contributed by atoms with E-state index in [4.69, 9.17) is 0 Å². The molecule has 116 valence electrons. The highest BCUT2D eigenvalue weighted by Crippen LogP contribution is 2.32. The second-order valence-corrected chi connectivity index (χ2v) is 7.11. The van der Waals surface area contributed by atoms with Gasteiger partial charge in [-0.1, -0.05) is 19.1 Å². The predicted octanol–water partition coefficient (Wildman–Crippen LogP) is 1.80. The summed E-state index contributed by atoms with van der Waals surface area (Å²) in [5.41, 5.74) is 0.206. The molecule has 3 atom stereocenters. The zero-order valence-corrected chi connectivity index (χ0v) is 13.4. The van der Waals surface area contributed by atoms with Crippen LogP contribution in [-0.4, -0.2) is 39.1 Å². The first-order valence-electron chi connectivity index (χ1n) is 7.01. The highest BCUT2D eigenvalue weighted by molar-refractivity contribution is 7.84. The summed E-state index contributed by atoms with van der Waals surface area (Å²) < 4.78 is 24.4. The molecule has 1 aromatic rings. The van der Waals surface area contributed by atoms with Crippen molar-refractivity contribution < 1.29 is 13.4 Å². The number of nitrogens with one attached hydrogen (secondary N) is 1. The Morgan fingerprint density at radius 1 is 1.38 bits per heavy atom. The van der Waals surface area contributed by atoms with E-state index in [1.165, 1.54) is 12.1 Å². The fraction of sp³-hybridized carbons (Fsp3) is 0.533. The molecule has 6 heteroatoms. The van der Waals surface area contributed by atoms with E-state index < -0.39 is 16.3 Å². The van der Waals surface area contributed by atoms with Gasteiger partial charge in [0.1, 0.15) is 12.0 Å². The molecule has 4 nitrogen and oxygen atoms in total. The average Bonchev–Trinajstić information content (AvgIpc) is 2.70. The average molecular weight is 312 g/mol. The summed E-state index contributed by atoms with van der Waals surface area (Å²) in [4.78, 5) is 14.3. The van der Waals surface area contributed by atoms with Gasteiger partial charge in [-0.05, 0) is 31.0 Å². The van der Waals surface area contributed by atoms with Crippen molar-refractivity contribution in [3.05, 3.63) is 35.6 Å². The highest BCUT2D eigenvalue weighted by Gasteiger charge is 2.46. The van der Waals surface area contributed by atoms with E-state index >= 15 is 0 Å². The van der Waals surface area contributed by atoms with Crippen LogP contribution in [0.15, 0.2) is 24.3 Å². The molecule has 0 radical (unpaired) electrons. The fourth-order valence-electron chi connectivity index (χ4n) is 2.49. The molecule has 21 heavy (non-hydrogen) atoms. The van der Waals surface area contributed by atoms with Crippen LogP contribution in [0.3, 0.4) is 0 Å². The number of hydrogen-bond acceptors (Lipinski definition) is 3. The topological polar surface area (TPSA) is 49.4 Å². The van der Waals surface area contributed by atoms with Gasteiger partial charge in [0.2, 0.25) is 5.91 Å². The molecule has 1 aliphatic heterocycles. The van der Waals surface area contributed by atoms with Gasteiger partial charge in [0.25, 0.3) is 0 Å². The van der Waals surface area contributed by atoms with Gasteiger partial charge in [-0.3, -0.25) is 14.3 Å². The van der Waals surface area contributed by atoms with Gasteiger partial charge in [-0.25, -0.2) is 4.39 Å². The molecule has 2 rings (SSSR count). The summed E-state index contributed by atoms with van der Waals surface area (Å²) in [7, 11) is -0.960. The van der Waals surface area contributed by atoms with Crippen LogP contribution in [0.2, 0.25) is 0 Å². The number of rotatable bonds is 5.